The van der Waals surface area contributed by atoms with Gasteiger partial charge in [0.25, 0.3) is 0 Å². The van der Waals surface area contributed by atoms with Crippen LogP contribution in [0.15, 0.2) is 18.2 Å². The van der Waals surface area contributed by atoms with Crippen LogP contribution in [0.25, 0.3) is 0 Å². The minimum Gasteiger partial charge on any atom is -0.391 e. The largest absolute Gasteiger partial charge is 0.391 e. The van der Waals surface area contributed by atoms with Gasteiger partial charge in [-0.15, -0.1) is 0 Å². The van der Waals surface area contributed by atoms with Crippen LogP contribution in [0.2, 0.25) is 5.02 Å². The number of hydrogen-bond acceptors (Lipinski definition) is 3. The zero-order valence-electron chi connectivity index (χ0n) is 12.0. The third-order valence-corrected chi connectivity index (χ3v) is 4.24. The lowest BCUT2D eigenvalue weighted by Gasteiger charge is -2.31. The molecule has 1 heterocycles. The fraction of sp³-hybridized carbons (Fsp3) is 0.600. The molecule has 1 fully saturated rings. The van der Waals surface area contributed by atoms with Crippen molar-refractivity contribution in [3.05, 3.63) is 34.6 Å². The van der Waals surface area contributed by atoms with E-state index in [2.05, 4.69) is 16.8 Å². The normalized spacial score (nSPS) is 23.6. The molecular formula is C15H22ClFN2O. The van der Waals surface area contributed by atoms with Gasteiger partial charge in [0.15, 0.2) is 0 Å². The van der Waals surface area contributed by atoms with E-state index >= 15 is 0 Å². The molecule has 2 rings (SSSR count). The summed E-state index contributed by atoms with van der Waals surface area (Å²) in [5.41, 5.74) is 0.516. The lowest BCUT2D eigenvalue weighted by Crippen LogP contribution is -2.47. The van der Waals surface area contributed by atoms with Crippen molar-refractivity contribution in [3.8, 4) is 0 Å². The van der Waals surface area contributed by atoms with E-state index in [-0.39, 0.29) is 11.9 Å². The van der Waals surface area contributed by atoms with Crippen LogP contribution in [0, 0.1) is 5.82 Å². The fourth-order valence-electron chi connectivity index (χ4n) is 2.77. The molecule has 0 saturated carbocycles. The first kappa shape index (κ1) is 15.7. The summed E-state index contributed by atoms with van der Waals surface area (Å²) >= 11 is 5.75. The van der Waals surface area contributed by atoms with E-state index in [0.29, 0.717) is 17.0 Å². The maximum atomic E-state index is 13.8. The lowest BCUT2D eigenvalue weighted by atomic mass is 10.0. The molecule has 20 heavy (non-hydrogen) atoms. The number of aliphatic hydroxyl groups excluding tert-OH is 1. The second kappa shape index (κ2) is 6.85. The monoisotopic (exact) mass is 300 g/mol. The summed E-state index contributed by atoms with van der Waals surface area (Å²) in [7, 11) is 4.08. The molecule has 0 amide bonds. The number of benzene rings is 1. The second-order valence-corrected chi connectivity index (χ2v) is 6.11. The fourth-order valence-corrected chi connectivity index (χ4v) is 2.93. The van der Waals surface area contributed by atoms with Gasteiger partial charge in [-0.1, -0.05) is 17.7 Å². The topological polar surface area (TPSA) is 26.7 Å². The van der Waals surface area contributed by atoms with Crippen molar-refractivity contribution in [2.75, 3.05) is 33.7 Å². The van der Waals surface area contributed by atoms with Crippen molar-refractivity contribution in [1.29, 1.82) is 0 Å². The number of nitrogens with zero attached hydrogens (tertiary/aromatic N) is 2. The summed E-state index contributed by atoms with van der Waals surface area (Å²) in [6.45, 7) is 2.78. The summed E-state index contributed by atoms with van der Waals surface area (Å²) in [5.74, 6) is -0.346. The Morgan fingerprint density at radius 3 is 2.85 bits per heavy atom. The molecular weight excluding hydrogens is 279 g/mol. The van der Waals surface area contributed by atoms with Gasteiger partial charge in [0.2, 0.25) is 0 Å². The molecule has 1 aromatic rings. The first-order valence-corrected chi connectivity index (χ1v) is 7.36. The van der Waals surface area contributed by atoms with E-state index in [9.17, 15) is 9.50 Å². The summed E-state index contributed by atoms with van der Waals surface area (Å²) in [6, 6.07) is 4.64. The molecule has 1 aliphatic heterocycles. The Balaban J connectivity index is 2.07. The highest BCUT2D eigenvalue weighted by Gasteiger charge is 2.27. The van der Waals surface area contributed by atoms with Crippen LogP contribution in [0.4, 0.5) is 4.39 Å². The van der Waals surface area contributed by atoms with E-state index in [0.717, 1.165) is 26.1 Å². The second-order valence-electron chi connectivity index (χ2n) is 5.67. The molecule has 1 N–H and O–H groups in total. The van der Waals surface area contributed by atoms with Gasteiger partial charge in [0.05, 0.1) is 6.10 Å². The molecule has 112 valence electrons. The third kappa shape index (κ3) is 3.92. The number of rotatable bonds is 3. The van der Waals surface area contributed by atoms with Crippen molar-refractivity contribution in [1.82, 2.24) is 9.80 Å². The molecule has 0 bridgehead atoms. The van der Waals surface area contributed by atoms with Crippen LogP contribution in [0.3, 0.4) is 0 Å². The molecule has 0 radical (unpaired) electrons. The molecule has 0 aromatic heterocycles. The Morgan fingerprint density at radius 2 is 2.15 bits per heavy atom. The molecule has 1 aliphatic rings. The minimum atomic E-state index is -0.587. The number of halogens is 2. The number of aliphatic hydroxyl groups is 1. The lowest BCUT2D eigenvalue weighted by molar-refractivity contribution is 0.0575. The quantitative estimate of drug-likeness (QED) is 0.925. The van der Waals surface area contributed by atoms with Crippen molar-refractivity contribution >= 4 is 11.6 Å². The highest BCUT2D eigenvalue weighted by atomic mass is 35.5. The van der Waals surface area contributed by atoms with E-state index in [1.54, 1.807) is 12.1 Å². The maximum Gasteiger partial charge on any atom is 0.127 e. The first-order valence-electron chi connectivity index (χ1n) is 6.98. The van der Waals surface area contributed by atoms with E-state index < -0.39 is 6.10 Å². The van der Waals surface area contributed by atoms with Crippen molar-refractivity contribution in [3.63, 3.8) is 0 Å². The van der Waals surface area contributed by atoms with Crippen LogP contribution < -0.4 is 0 Å². The van der Waals surface area contributed by atoms with E-state index in [1.165, 1.54) is 6.07 Å². The van der Waals surface area contributed by atoms with Crippen molar-refractivity contribution in [2.24, 2.45) is 0 Å². The SMILES string of the molecule is CN1CCCN(C)C(C(O)Cc2ccc(Cl)cc2F)C1. The van der Waals surface area contributed by atoms with Gasteiger partial charge in [0.1, 0.15) is 5.82 Å². The predicted molar refractivity (Wildman–Crippen MR) is 79.7 cm³/mol. The molecule has 2 atom stereocenters. The highest BCUT2D eigenvalue weighted by Crippen LogP contribution is 2.19. The predicted octanol–water partition coefficient (Wildman–Crippen LogP) is 2.02. The zero-order chi connectivity index (χ0) is 14.7. The van der Waals surface area contributed by atoms with Gasteiger partial charge in [0, 0.05) is 24.0 Å². The highest BCUT2D eigenvalue weighted by molar-refractivity contribution is 6.30. The van der Waals surface area contributed by atoms with E-state index in [1.807, 2.05) is 7.05 Å². The smallest absolute Gasteiger partial charge is 0.127 e. The molecule has 5 heteroatoms. The van der Waals surface area contributed by atoms with Crippen LogP contribution in [0.1, 0.15) is 12.0 Å². The Morgan fingerprint density at radius 1 is 1.40 bits per heavy atom. The Labute approximate surface area is 124 Å². The molecule has 0 spiro atoms. The van der Waals surface area contributed by atoms with Crippen molar-refractivity contribution in [2.45, 2.75) is 25.0 Å². The van der Waals surface area contributed by atoms with Gasteiger partial charge < -0.3 is 10.0 Å². The van der Waals surface area contributed by atoms with Crippen LogP contribution in [0.5, 0.6) is 0 Å². The number of hydrogen-bond donors (Lipinski definition) is 1. The molecule has 2 unspecified atom stereocenters. The molecule has 1 aromatic carbocycles. The Kier molecular flexibility index (Phi) is 5.38. The van der Waals surface area contributed by atoms with Crippen molar-refractivity contribution < 1.29 is 9.50 Å². The maximum absolute atomic E-state index is 13.8. The summed E-state index contributed by atoms with van der Waals surface area (Å²) in [4.78, 5) is 4.39. The zero-order valence-corrected chi connectivity index (χ0v) is 12.8. The van der Waals surface area contributed by atoms with Gasteiger partial charge in [-0.25, -0.2) is 4.39 Å². The summed E-state index contributed by atoms with van der Waals surface area (Å²) in [5, 5.41) is 10.8. The van der Waals surface area contributed by atoms with Crippen LogP contribution in [-0.2, 0) is 6.42 Å². The Bertz CT molecular complexity index is 457. The van der Waals surface area contributed by atoms with Gasteiger partial charge in [-0.3, -0.25) is 4.90 Å². The summed E-state index contributed by atoms with van der Waals surface area (Å²) < 4.78 is 13.8. The first-order chi connectivity index (χ1) is 9.47. The number of likely N-dealkylation sites (N-methyl/N-ethyl adjacent to an activating group) is 2. The summed E-state index contributed by atoms with van der Waals surface area (Å²) in [6.07, 6.45) is 0.813. The van der Waals surface area contributed by atoms with Gasteiger partial charge >= 0.3 is 0 Å². The van der Waals surface area contributed by atoms with E-state index in [4.69, 9.17) is 11.6 Å². The third-order valence-electron chi connectivity index (χ3n) is 4.00. The van der Waals surface area contributed by atoms with Crippen LogP contribution >= 0.6 is 11.6 Å². The van der Waals surface area contributed by atoms with Gasteiger partial charge in [-0.2, -0.15) is 0 Å². The minimum absolute atomic E-state index is 0.0255. The van der Waals surface area contributed by atoms with Gasteiger partial charge in [-0.05, 0) is 51.3 Å². The molecule has 3 nitrogen and oxygen atoms in total. The molecule has 0 aliphatic carbocycles. The average Bonchev–Trinajstić information content (AvgIpc) is 2.54. The van der Waals surface area contributed by atoms with Crippen LogP contribution in [-0.4, -0.2) is 60.8 Å². The standard InChI is InChI=1S/C15H22ClFN2O/c1-18-6-3-7-19(2)14(10-18)15(20)8-11-4-5-12(16)9-13(11)17/h4-5,9,14-15,20H,3,6-8,10H2,1-2H3. The Hall–Kier alpha value is -0.680. The molecule has 1 saturated heterocycles. The average molecular weight is 301 g/mol.